The third kappa shape index (κ3) is 2.38. The maximum atomic E-state index is 5.85. The van der Waals surface area contributed by atoms with Gasteiger partial charge in [-0.2, -0.15) is 0 Å². The minimum absolute atomic E-state index is 0.0587. The number of fused-ring (bicyclic) bond motifs is 4. The molecule has 0 aromatic heterocycles. The first kappa shape index (κ1) is 15.8. The van der Waals surface area contributed by atoms with E-state index in [4.69, 9.17) is 18.9 Å². The third-order valence-electron chi connectivity index (χ3n) is 5.39. The van der Waals surface area contributed by atoms with Gasteiger partial charge in [-0.05, 0) is 48.7 Å². The van der Waals surface area contributed by atoms with Crippen LogP contribution in [0.1, 0.15) is 30.4 Å². The van der Waals surface area contributed by atoms with Crippen LogP contribution in [-0.4, -0.2) is 51.1 Å². The highest BCUT2D eigenvalue weighted by molar-refractivity contribution is 5.52. The van der Waals surface area contributed by atoms with Crippen molar-refractivity contribution in [1.29, 1.82) is 0 Å². The predicted octanol–water partition coefficient (Wildman–Crippen LogP) is 2.69. The molecule has 2 heterocycles. The Labute approximate surface area is 143 Å². The first-order chi connectivity index (χ1) is 11.8. The predicted molar refractivity (Wildman–Crippen MR) is 90.6 cm³/mol. The van der Waals surface area contributed by atoms with E-state index in [0.717, 1.165) is 43.2 Å². The standard InChI is InChI=1S/C19H25NO4/c1-4-6-20-7-5-12-8-15-16(24-11-23-15)9-13(12)18-14(20)10-17(21-2)19(18)22-3/h8-10,14,18-19H,4-7,11H2,1-3H3/t14-,18-,19+/m0/s1. The van der Waals surface area contributed by atoms with Gasteiger partial charge >= 0.3 is 0 Å². The monoisotopic (exact) mass is 331 g/mol. The zero-order valence-electron chi connectivity index (χ0n) is 14.6. The van der Waals surface area contributed by atoms with Gasteiger partial charge < -0.3 is 18.9 Å². The van der Waals surface area contributed by atoms with E-state index >= 15 is 0 Å². The summed E-state index contributed by atoms with van der Waals surface area (Å²) in [7, 11) is 3.50. The highest BCUT2D eigenvalue weighted by atomic mass is 16.7. The quantitative estimate of drug-likeness (QED) is 0.848. The number of methoxy groups -OCH3 is 2. The Morgan fingerprint density at radius 2 is 2.00 bits per heavy atom. The van der Waals surface area contributed by atoms with Crippen molar-refractivity contribution in [2.24, 2.45) is 0 Å². The molecule has 0 saturated carbocycles. The van der Waals surface area contributed by atoms with Gasteiger partial charge in [0.1, 0.15) is 11.9 Å². The lowest BCUT2D eigenvalue weighted by Crippen LogP contribution is -2.39. The van der Waals surface area contributed by atoms with E-state index in [9.17, 15) is 0 Å². The highest BCUT2D eigenvalue weighted by Gasteiger charge is 2.44. The van der Waals surface area contributed by atoms with Crippen LogP contribution in [-0.2, 0) is 15.9 Å². The molecule has 0 radical (unpaired) electrons. The number of hydrogen-bond donors (Lipinski definition) is 0. The Morgan fingerprint density at radius 1 is 1.21 bits per heavy atom. The van der Waals surface area contributed by atoms with Crippen molar-refractivity contribution >= 4 is 0 Å². The molecule has 0 fully saturated rings. The molecule has 0 spiro atoms. The Morgan fingerprint density at radius 3 is 2.71 bits per heavy atom. The largest absolute Gasteiger partial charge is 0.499 e. The van der Waals surface area contributed by atoms with Crippen LogP contribution in [0.25, 0.3) is 0 Å². The van der Waals surface area contributed by atoms with Crippen LogP contribution in [0.15, 0.2) is 24.0 Å². The average Bonchev–Trinajstić information content (AvgIpc) is 3.17. The summed E-state index contributed by atoms with van der Waals surface area (Å²) in [6.07, 6.45) is 4.34. The van der Waals surface area contributed by atoms with Gasteiger partial charge in [-0.1, -0.05) is 6.92 Å². The molecular weight excluding hydrogens is 306 g/mol. The van der Waals surface area contributed by atoms with Crippen molar-refractivity contribution in [1.82, 2.24) is 4.90 Å². The van der Waals surface area contributed by atoms with Crippen LogP contribution in [0.5, 0.6) is 11.5 Å². The molecule has 24 heavy (non-hydrogen) atoms. The minimum Gasteiger partial charge on any atom is -0.499 e. The molecular formula is C19H25NO4. The summed E-state index contributed by atoms with van der Waals surface area (Å²) < 4.78 is 22.7. The SMILES string of the molecule is CCCN1CCc2cc3c(cc2[C@@H]2[C@H](OC)C(OC)=C[C@@H]21)OCO3. The van der Waals surface area contributed by atoms with Gasteiger partial charge in [0.25, 0.3) is 0 Å². The third-order valence-corrected chi connectivity index (χ3v) is 5.39. The molecule has 1 aromatic rings. The first-order valence-electron chi connectivity index (χ1n) is 8.71. The minimum atomic E-state index is -0.0587. The van der Waals surface area contributed by atoms with Crippen molar-refractivity contribution in [3.8, 4) is 11.5 Å². The van der Waals surface area contributed by atoms with Crippen LogP contribution in [0.3, 0.4) is 0 Å². The van der Waals surface area contributed by atoms with E-state index in [0.29, 0.717) is 12.8 Å². The molecule has 130 valence electrons. The van der Waals surface area contributed by atoms with Gasteiger partial charge in [0.05, 0.1) is 7.11 Å². The van der Waals surface area contributed by atoms with Crippen LogP contribution in [0.2, 0.25) is 0 Å². The van der Waals surface area contributed by atoms with Crippen molar-refractivity contribution in [3.05, 3.63) is 35.1 Å². The molecule has 0 N–H and O–H groups in total. The maximum absolute atomic E-state index is 5.85. The topological polar surface area (TPSA) is 40.2 Å². The van der Waals surface area contributed by atoms with E-state index in [1.807, 2.05) is 0 Å². The lowest BCUT2D eigenvalue weighted by atomic mass is 9.87. The molecule has 0 saturated heterocycles. The van der Waals surface area contributed by atoms with Crippen molar-refractivity contribution in [2.75, 3.05) is 34.1 Å². The summed E-state index contributed by atoms with van der Waals surface area (Å²) in [5.41, 5.74) is 2.64. The first-order valence-corrected chi connectivity index (χ1v) is 8.71. The Hall–Kier alpha value is -1.72. The van der Waals surface area contributed by atoms with Gasteiger partial charge in [-0.15, -0.1) is 0 Å². The summed E-state index contributed by atoms with van der Waals surface area (Å²) in [6, 6.07) is 4.61. The van der Waals surface area contributed by atoms with Crippen LogP contribution in [0.4, 0.5) is 0 Å². The van der Waals surface area contributed by atoms with Gasteiger partial charge in [0.15, 0.2) is 11.5 Å². The fourth-order valence-electron chi connectivity index (χ4n) is 4.34. The zero-order chi connectivity index (χ0) is 16.7. The lowest BCUT2D eigenvalue weighted by Gasteiger charge is -2.31. The molecule has 3 aliphatic rings. The normalized spacial score (nSPS) is 28.1. The summed E-state index contributed by atoms with van der Waals surface area (Å²) in [5.74, 6) is 2.86. The molecule has 3 atom stereocenters. The van der Waals surface area contributed by atoms with Gasteiger partial charge in [0, 0.05) is 25.6 Å². The van der Waals surface area contributed by atoms with Crippen molar-refractivity contribution < 1.29 is 18.9 Å². The zero-order valence-corrected chi connectivity index (χ0v) is 14.6. The molecule has 1 aliphatic carbocycles. The summed E-state index contributed by atoms with van der Waals surface area (Å²) in [4.78, 5) is 2.55. The number of ether oxygens (including phenoxy) is 4. The Bertz CT molecular complexity index is 657. The van der Waals surface area contributed by atoms with Crippen molar-refractivity contribution in [3.63, 3.8) is 0 Å². The molecule has 2 aliphatic heterocycles. The molecule has 5 nitrogen and oxygen atoms in total. The number of hydrogen-bond acceptors (Lipinski definition) is 5. The van der Waals surface area contributed by atoms with E-state index in [1.54, 1.807) is 14.2 Å². The Kier molecular flexibility index (Phi) is 4.14. The fourth-order valence-corrected chi connectivity index (χ4v) is 4.34. The second kappa shape index (κ2) is 6.30. The number of nitrogens with zero attached hydrogens (tertiary/aromatic N) is 1. The second-order valence-electron chi connectivity index (χ2n) is 6.64. The molecule has 0 bridgehead atoms. The fraction of sp³-hybridized carbons (Fsp3) is 0.579. The van der Waals surface area contributed by atoms with Gasteiger partial charge in [-0.3, -0.25) is 4.90 Å². The molecule has 1 aromatic carbocycles. The van der Waals surface area contributed by atoms with Crippen LogP contribution in [0, 0.1) is 0 Å². The molecule has 0 amide bonds. The molecule has 5 heteroatoms. The van der Waals surface area contributed by atoms with Crippen LogP contribution >= 0.6 is 0 Å². The number of benzene rings is 1. The van der Waals surface area contributed by atoms with Crippen LogP contribution < -0.4 is 9.47 Å². The summed E-state index contributed by atoms with van der Waals surface area (Å²) in [6.45, 7) is 4.65. The molecule has 4 rings (SSSR count). The molecule has 0 unspecified atom stereocenters. The smallest absolute Gasteiger partial charge is 0.231 e. The highest BCUT2D eigenvalue weighted by Crippen LogP contribution is 2.46. The van der Waals surface area contributed by atoms with E-state index in [1.165, 1.54) is 11.1 Å². The van der Waals surface area contributed by atoms with E-state index in [-0.39, 0.29) is 12.0 Å². The summed E-state index contributed by atoms with van der Waals surface area (Å²) in [5, 5.41) is 0. The lowest BCUT2D eigenvalue weighted by molar-refractivity contribution is 0.0569. The van der Waals surface area contributed by atoms with E-state index < -0.39 is 0 Å². The van der Waals surface area contributed by atoms with Crippen molar-refractivity contribution in [2.45, 2.75) is 37.8 Å². The van der Waals surface area contributed by atoms with E-state index in [2.05, 4.69) is 30.0 Å². The maximum Gasteiger partial charge on any atom is 0.231 e. The Balaban J connectivity index is 1.80. The van der Waals surface area contributed by atoms with Gasteiger partial charge in [-0.25, -0.2) is 0 Å². The summed E-state index contributed by atoms with van der Waals surface area (Å²) >= 11 is 0. The number of rotatable bonds is 4. The second-order valence-corrected chi connectivity index (χ2v) is 6.64. The average molecular weight is 331 g/mol. The van der Waals surface area contributed by atoms with Gasteiger partial charge in [0.2, 0.25) is 6.79 Å².